The number of morpholine rings is 1. The highest BCUT2D eigenvalue weighted by molar-refractivity contribution is 7.89. The molecule has 1 saturated heterocycles. The normalized spacial score (nSPS) is 14.6. The summed E-state index contributed by atoms with van der Waals surface area (Å²) in [5.74, 6) is 0.303. The van der Waals surface area contributed by atoms with Gasteiger partial charge in [0.2, 0.25) is 10.0 Å². The van der Waals surface area contributed by atoms with E-state index >= 15 is 0 Å². The van der Waals surface area contributed by atoms with Crippen molar-refractivity contribution in [2.24, 2.45) is 0 Å². The molecule has 8 heteroatoms. The van der Waals surface area contributed by atoms with Gasteiger partial charge in [0.1, 0.15) is 12.4 Å². The van der Waals surface area contributed by atoms with Gasteiger partial charge < -0.3 is 14.8 Å². The number of rotatable bonds is 7. The van der Waals surface area contributed by atoms with Crippen molar-refractivity contribution < 1.29 is 22.7 Å². The second kappa shape index (κ2) is 10.2. The third-order valence-electron chi connectivity index (χ3n) is 5.40. The van der Waals surface area contributed by atoms with Crippen LogP contribution >= 0.6 is 0 Å². The van der Waals surface area contributed by atoms with E-state index in [1.165, 1.54) is 10.4 Å². The zero-order chi connectivity index (χ0) is 23.3. The van der Waals surface area contributed by atoms with Gasteiger partial charge in [0.25, 0.3) is 5.91 Å². The van der Waals surface area contributed by atoms with Crippen molar-refractivity contribution in [2.75, 3.05) is 31.6 Å². The van der Waals surface area contributed by atoms with Crippen LogP contribution in [0.5, 0.6) is 5.75 Å². The van der Waals surface area contributed by atoms with Crippen LogP contribution in [0.2, 0.25) is 0 Å². The zero-order valence-electron chi connectivity index (χ0n) is 18.4. The summed E-state index contributed by atoms with van der Waals surface area (Å²) >= 11 is 0. The Morgan fingerprint density at radius 2 is 1.70 bits per heavy atom. The molecule has 1 aliphatic rings. The Balaban J connectivity index is 1.43. The lowest BCUT2D eigenvalue weighted by Gasteiger charge is -2.26. The predicted molar refractivity (Wildman–Crippen MR) is 126 cm³/mol. The Bertz CT molecular complexity index is 1210. The number of aryl methyl sites for hydroxylation is 1. The first kappa shape index (κ1) is 23.0. The maximum atomic E-state index is 13.1. The molecule has 0 radical (unpaired) electrons. The Labute approximate surface area is 194 Å². The number of amides is 1. The Hall–Kier alpha value is -3.20. The molecule has 0 bridgehead atoms. The van der Waals surface area contributed by atoms with Gasteiger partial charge in [0.15, 0.2) is 0 Å². The highest BCUT2D eigenvalue weighted by Crippen LogP contribution is 2.23. The van der Waals surface area contributed by atoms with E-state index in [4.69, 9.17) is 9.47 Å². The number of nitrogens with one attached hydrogen (secondary N) is 1. The van der Waals surface area contributed by atoms with E-state index in [9.17, 15) is 13.2 Å². The van der Waals surface area contributed by atoms with Crippen LogP contribution < -0.4 is 10.1 Å². The second-order valence-corrected chi connectivity index (χ2v) is 9.66. The number of anilines is 1. The van der Waals surface area contributed by atoms with Crippen LogP contribution in [0.15, 0.2) is 77.7 Å². The van der Waals surface area contributed by atoms with Crippen molar-refractivity contribution in [1.29, 1.82) is 0 Å². The van der Waals surface area contributed by atoms with Crippen molar-refractivity contribution in [2.45, 2.75) is 18.4 Å². The van der Waals surface area contributed by atoms with Crippen LogP contribution in [0, 0.1) is 6.92 Å². The first-order valence-electron chi connectivity index (χ1n) is 10.7. The maximum absolute atomic E-state index is 13.1. The largest absolute Gasteiger partial charge is 0.489 e. The smallest absolute Gasteiger partial charge is 0.255 e. The number of nitrogens with zero attached hydrogens (tertiary/aromatic N) is 1. The Morgan fingerprint density at radius 1 is 1.00 bits per heavy atom. The molecule has 4 rings (SSSR count). The monoisotopic (exact) mass is 466 g/mol. The first-order chi connectivity index (χ1) is 15.9. The van der Waals surface area contributed by atoms with Crippen molar-refractivity contribution >= 4 is 21.6 Å². The summed E-state index contributed by atoms with van der Waals surface area (Å²) in [7, 11) is -3.70. The lowest BCUT2D eigenvalue weighted by Crippen LogP contribution is -2.40. The predicted octanol–water partition coefficient (Wildman–Crippen LogP) is 3.85. The first-order valence-corrected chi connectivity index (χ1v) is 12.1. The van der Waals surface area contributed by atoms with Crippen LogP contribution in [0.3, 0.4) is 0 Å². The number of benzene rings is 3. The van der Waals surface area contributed by atoms with Crippen LogP contribution in [-0.2, 0) is 21.4 Å². The van der Waals surface area contributed by atoms with E-state index in [2.05, 4.69) is 5.32 Å². The van der Waals surface area contributed by atoms with Crippen molar-refractivity contribution in [3.05, 3.63) is 89.5 Å². The minimum Gasteiger partial charge on any atom is -0.489 e. The molecule has 0 saturated carbocycles. The molecule has 0 aromatic heterocycles. The summed E-state index contributed by atoms with van der Waals surface area (Å²) in [6.45, 7) is 3.51. The molecule has 1 heterocycles. The van der Waals surface area contributed by atoms with Crippen LogP contribution in [0.1, 0.15) is 21.5 Å². The van der Waals surface area contributed by atoms with Gasteiger partial charge in [0.05, 0.1) is 18.1 Å². The summed E-state index contributed by atoms with van der Waals surface area (Å²) in [6.07, 6.45) is 0. The molecule has 0 aliphatic carbocycles. The Kier molecular flexibility index (Phi) is 7.08. The molecule has 1 aliphatic heterocycles. The molecule has 33 heavy (non-hydrogen) atoms. The number of hydrogen-bond donors (Lipinski definition) is 1. The molecule has 0 unspecified atom stereocenters. The molecular formula is C25H26N2O5S. The summed E-state index contributed by atoms with van der Waals surface area (Å²) in [4.78, 5) is 12.9. The highest BCUT2D eigenvalue weighted by atomic mass is 32.2. The summed E-state index contributed by atoms with van der Waals surface area (Å²) in [6, 6.07) is 21.6. The van der Waals surface area contributed by atoms with Gasteiger partial charge in [-0.15, -0.1) is 0 Å². The highest BCUT2D eigenvalue weighted by Gasteiger charge is 2.28. The summed E-state index contributed by atoms with van der Waals surface area (Å²) < 4.78 is 38.6. The third-order valence-corrected chi connectivity index (χ3v) is 7.44. The van der Waals surface area contributed by atoms with Gasteiger partial charge in [-0.05, 0) is 54.4 Å². The van der Waals surface area contributed by atoms with Crippen molar-refractivity contribution in [1.82, 2.24) is 4.31 Å². The van der Waals surface area contributed by atoms with Gasteiger partial charge in [0, 0.05) is 24.3 Å². The average Bonchev–Trinajstić information content (AvgIpc) is 2.85. The molecule has 172 valence electrons. The molecule has 3 aromatic rings. The van der Waals surface area contributed by atoms with Gasteiger partial charge in [-0.1, -0.05) is 36.4 Å². The van der Waals surface area contributed by atoms with Gasteiger partial charge in [-0.2, -0.15) is 4.31 Å². The molecule has 1 N–H and O–H groups in total. The van der Waals surface area contributed by atoms with E-state index in [-0.39, 0.29) is 16.4 Å². The SMILES string of the molecule is Cc1ccc(C(=O)Nc2ccc(OCc3ccccc3)cc2)cc1S(=O)(=O)N1CCOCC1. The molecule has 1 fully saturated rings. The topological polar surface area (TPSA) is 84.9 Å². The third kappa shape index (κ3) is 5.60. The maximum Gasteiger partial charge on any atom is 0.255 e. The second-order valence-electron chi connectivity index (χ2n) is 7.75. The molecule has 0 atom stereocenters. The average molecular weight is 467 g/mol. The number of ether oxygens (including phenoxy) is 2. The van der Waals surface area contributed by atoms with Gasteiger partial charge >= 0.3 is 0 Å². The number of carbonyl (C=O) groups excluding carboxylic acids is 1. The minimum absolute atomic E-state index is 0.140. The van der Waals surface area contributed by atoms with E-state index in [0.717, 1.165) is 5.56 Å². The zero-order valence-corrected chi connectivity index (χ0v) is 19.2. The molecule has 1 amide bonds. The van der Waals surface area contributed by atoms with Crippen LogP contribution in [-0.4, -0.2) is 44.9 Å². The van der Waals surface area contributed by atoms with E-state index in [1.54, 1.807) is 43.3 Å². The van der Waals surface area contributed by atoms with E-state index in [0.29, 0.717) is 49.9 Å². The van der Waals surface area contributed by atoms with E-state index in [1.807, 2.05) is 30.3 Å². The summed E-state index contributed by atoms with van der Waals surface area (Å²) in [5.41, 5.74) is 2.53. The fourth-order valence-electron chi connectivity index (χ4n) is 3.52. The molecule has 7 nitrogen and oxygen atoms in total. The number of sulfonamides is 1. The fraction of sp³-hybridized carbons (Fsp3) is 0.240. The summed E-state index contributed by atoms with van der Waals surface area (Å²) in [5, 5.41) is 2.81. The number of hydrogen-bond acceptors (Lipinski definition) is 5. The van der Waals surface area contributed by atoms with Gasteiger partial charge in [-0.25, -0.2) is 8.42 Å². The van der Waals surface area contributed by atoms with Crippen LogP contribution in [0.4, 0.5) is 5.69 Å². The quantitative estimate of drug-likeness (QED) is 0.572. The standard InChI is InChI=1S/C25H26N2O5S/c1-19-7-8-21(17-24(19)33(29,30)27-13-15-31-16-14-27)25(28)26-22-9-11-23(12-10-22)32-18-20-5-3-2-4-6-20/h2-12,17H,13-16,18H2,1H3,(H,26,28). The van der Waals surface area contributed by atoms with E-state index < -0.39 is 10.0 Å². The molecular weight excluding hydrogens is 440 g/mol. The molecule has 0 spiro atoms. The lowest BCUT2D eigenvalue weighted by molar-refractivity contribution is 0.0730. The van der Waals surface area contributed by atoms with Crippen LogP contribution in [0.25, 0.3) is 0 Å². The Morgan fingerprint density at radius 3 is 2.39 bits per heavy atom. The van der Waals surface area contributed by atoms with Crippen molar-refractivity contribution in [3.63, 3.8) is 0 Å². The minimum atomic E-state index is -3.70. The molecule has 3 aromatic carbocycles. The fourth-order valence-corrected chi connectivity index (χ4v) is 5.18. The number of carbonyl (C=O) groups is 1. The van der Waals surface area contributed by atoms with Gasteiger partial charge in [-0.3, -0.25) is 4.79 Å². The van der Waals surface area contributed by atoms with Crippen molar-refractivity contribution in [3.8, 4) is 5.75 Å². The lowest BCUT2D eigenvalue weighted by atomic mass is 10.1.